The molecule has 2 rings (SSSR count). The fraction of sp³-hybridized carbons (Fsp3) is 1.00. The number of hydrogen-bond donors (Lipinski definition) is 1. The normalized spacial score (nSPS) is 32.8. The van der Waals surface area contributed by atoms with E-state index in [9.17, 15) is 0 Å². The maximum Gasteiger partial charge on any atom is 0.00940 e. The van der Waals surface area contributed by atoms with E-state index in [1.807, 2.05) is 0 Å². The van der Waals surface area contributed by atoms with Gasteiger partial charge in [0.05, 0.1) is 0 Å². The third-order valence-electron chi connectivity index (χ3n) is 4.40. The molecule has 2 heteroatoms. The van der Waals surface area contributed by atoms with Crippen LogP contribution >= 0.6 is 0 Å². The van der Waals surface area contributed by atoms with Crippen molar-refractivity contribution in [2.24, 2.45) is 5.41 Å². The van der Waals surface area contributed by atoms with E-state index in [-0.39, 0.29) is 0 Å². The van der Waals surface area contributed by atoms with Crippen LogP contribution in [0.25, 0.3) is 0 Å². The smallest absolute Gasteiger partial charge is 0.00940 e. The molecular formula is C14H28N2. The molecule has 1 N–H and O–H groups in total. The number of likely N-dealkylation sites (tertiary alicyclic amines) is 1. The molecular weight excluding hydrogens is 196 g/mol. The van der Waals surface area contributed by atoms with Gasteiger partial charge in [-0.1, -0.05) is 20.3 Å². The lowest BCUT2D eigenvalue weighted by Gasteiger charge is -2.39. The van der Waals surface area contributed by atoms with Crippen LogP contribution in [0.3, 0.4) is 0 Å². The van der Waals surface area contributed by atoms with E-state index in [1.165, 1.54) is 51.6 Å². The number of hydrogen-bond acceptors (Lipinski definition) is 2. The molecule has 1 aliphatic heterocycles. The summed E-state index contributed by atoms with van der Waals surface area (Å²) >= 11 is 0. The van der Waals surface area contributed by atoms with Crippen LogP contribution < -0.4 is 5.32 Å². The van der Waals surface area contributed by atoms with Crippen molar-refractivity contribution in [2.75, 3.05) is 20.1 Å². The minimum Gasteiger partial charge on any atom is -0.311 e. The quantitative estimate of drug-likeness (QED) is 0.776. The summed E-state index contributed by atoms with van der Waals surface area (Å²) in [6.45, 7) is 7.40. The second-order valence-corrected chi connectivity index (χ2v) is 6.70. The molecule has 1 aliphatic carbocycles. The summed E-state index contributed by atoms with van der Waals surface area (Å²) in [4.78, 5) is 2.45. The first-order valence-electron chi connectivity index (χ1n) is 7.00. The first-order valence-corrected chi connectivity index (χ1v) is 7.00. The van der Waals surface area contributed by atoms with E-state index in [1.54, 1.807) is 0 Å². The highest BCUT2D eigenvalue weighted by Gasteiger charge is 2.29. The van der Waals surface area contributed by atoms with E-state index in [0.717, 1.165) is 12.1 Å². The Kier molecular flexibility index (Phi) is 3.91. The van der Waals surface area contributed by atoms with Gasteiger partial charge in [-0.15, -0.1) is 0 Å². The summed E-state index contributed by atoms with van der Waals surface area (Å²) in [6, 6.07) is 1.58. The molecule has 2 fully saturated rings. The van der Waals surface area contributed by atoms with Crippen LogP contribution in [0.4, 0.5) is 0 Å². The Morgan fingerprint density at radius 1 is 1.06 bits per heavy atom. The van der Waals surface area contributed by atoms with E-state index in [2.05, 4.69) is 31.1 Å². The fourth-order valence-electron chi connectivity index (χ4n) is 3.35. The average Bonchev–Trinajstić information content (AvgIpc) is 2.20. The number of rotatable bonds is 2. The Bertz CT molecular complexity index is 217. The molecule has 1 atom stereocenters. The zero-order chi connectivity index (χ0) is 11.6. The molecule has 2 nitrogen and oxygen atoms in total. The molecule has 1 saturated heterocycles. The van der Waals surface area contributed by atoms with E-state index in [4.69, 9.17) is 0 Å². The van der Waals surface area contributed by atoms with Gasteiger partial charge in [0.2, 0.25) is 0 Å². The van der Waals surface area contributed by atoms with Crippen molar-refractivity contribution in [3.05, 3.63) is 0 Å². The minimum atomic E-state index is 0.571. The van der Waals surface area contributed by atoms with Crippen LogP contribution in [0, 0.1) is 5.41 Å². The molecule has 0 bridgehead atoms. The maximum absolute atomic E-state index is 3.91. The van der Waals surface area contributed by atoms with E-state index < -0.39 is 0 Å². The number of piperidine rings is 1. The van der Waals surface area contributed by atoms with Crippen molar-refractivity contribution in [1.29, 1.82) is 0 Å². The molecule has 1 heterocycles. The van der Waals surface area contributed by atoms with Gasteiger partial charge in [0, 0.05) is 12.1 Å². The van der Waals surface area contributed by atoms with Crippen LogP contribution in [0.2, 0.25) is 0 Å². The Hall–Kier alpha value is -0.0800. The van der Waals surface area contributed by atoms with E-state index >= 15 is 0 Å². The third kappa shape index (κ3) is 3.46. The SMILES string of the molecule is CN1CCC(NC2CCCC(C)(C)C2)CC1. The Morgan fingerprint density at radius 3 is 2.38 bits per heavy atom. The van der Waals surface area contributed by atoms with Crippen LogP contribution in [0.15, 0.2) is 0 Å². The minimum absolute atomic E-state index is 0.571. The molecule has 1 unspecified atom stereocenters. The highest BCUT2D eigenvalue weighted by atomic mass is 15.1. The second kappa shape index (κ2) is 5.05. The summed E-state index contributed by atoms with van der Waals surface area (Å²) in [5.41, 5.74) is 0.571. The van der Waals surface area contributed by atoms with Crippen molar-refractivity contribution in [3.8, 4) is 0 Å². The van der Waals surface area contributed by atoms with Crippen molar-refractivity contribution in [2.45, 2.75) is 64.5 Å². The van der Waals surface area contributed by atoms with Gasteiger partial charge in [0.25, 0.3) is 0 Å². The Labute approximate surface area is 101 Å². The summed E-state index contributed by atoms with van der Waals surface area (Å²) < 4.78 is 0. The zero-order valence-electron chi connectivity index (χ0n) is 11.3. The summed E-state index contributed by atoms with van der Waals surface area (Å²) in [6.07, 6.45) is 8.28. The number of nitrogens with one attached hydrogen (secondary N) is 1. The van der Waals surface area contributed by atoms with Crippen LogP contribution in [0.1, 0.15) is 52.4 Å². The van der Waals surface area contributed by atoms with Crippen LogP contribution in [-0.4, -0.2) is 37.1 Å². The van der Waals surface area contributed by atoms with Gasteiger partial charge in [-0.2, -0.15) is 0 Å². The van der Waals surface area contributed by atoms with Gasteiger partial charge >= 0.3 is 0 Å². The van der Waals surface area contributed by atoms with Gasteiger partial charge in [0.15, 0.2) is 0 Å². The molecule has 0 aromatic carbocycles. The van der Waals surface area contributed by atoms with Gasteiger partial charge in [-0.25, -0.2) is 0 Å². The lowest BCUT2D eigenvalue weighted by molar-refractivity contribution is 0.165. The lowest BCUT2D eigenvalue weighted by Crippen LogP contribution is -2.47. The summed E-state index contributed by atoms with van der Waals surface area (Å²) in [7, 11) is 2.24. The van der Waals surface area contributed by atoms with Crippen molar-refractivity contribution >= 4 is 0 Å². The van der Waals surface area contributed by atoms with Gasteiger partial charge < -0.3 is 10.2 Å². The van der Waals surface area contributed by atoms with Gasteiger partial charge in [0.1, 0.15) is 0 Å². The van der Waals surface area contributed by atoms with E-state index in [0.29, 0.717) is 5.41 Å². The highest BCUT2D eigenvalue weighted by Crippen LogP contribution is 2.35. The van der Waals surface area contributed by atoms with Gasteiger partial charge in [-0.3, -0.25) is 0 Å². The summed E-state index contributed by atoms with van der Waals surface area (Å²) in [5, 5.41) is 3.91. The molecule has 0 amide bonds. The summed E-state index contributed by atoms with van der Waals surface area (Å²) in [5.74, 6) is 0. The highest BCUT2D eigenvalue weighted by molar-refractivity contribution is 4.86. The van der Waals surface area contributed by atoms with Crippen LogP contribution in [0.5, 0.6) is 0 Å². The first kappa shape index (κ1) is 12.4. The molecule has 2 aliphatic rings. The Morgan fingerprint density at radius 2 is 1.75 bits per heavy atom. The molecule has 0 aromatic rings. The predicted octanol–water partition coefficient (Wildman–Crippen LogP) is 2.64. The fourth-order valence-corrected chi connectivity index (χ4v) is 3.35. The molecule has 0 radical (unpaired) electrons. The average molecular weight is 224 g/mol. The first-order chi connectivity index (χ1) is 7.55. The topological polar surface area (TPSA) is 15.3 Å². The molecule has 1 saturated carbocycles. The Balaban J connectivity index is 1.76. The zero-order valence-corrected chi connectivity index (χ0v) is 11.3. The van der Waals surface area contributed by atoms with Crippen LogP contribution in [-0.2, 0) is 0 Å². The second-order valence-electron chi connectivity index (χ2n) is 6.70. The largest absolute Gasteiger partial charge is 0.311 e. The van der Waals surface area contributed by atoms with Crippen molar-refractivity contribution in [3.63, 3.8) is 0 Å². The molecule has 0 aromatic heterocycles. The molecule has 16 heavy (non-hydrogen) atoms. The molecule has 0 spiro atoms. The maximum atomic E-state index is 3.91. The number of nitrogens with zero attached hydrogens (tertiary/aromatic N) is 1. The molecule has 94 valence electrons. The lowest BCUT2D eigenvalue weighted by atomic mass is 9.75. The van der Waals surface area contributed by atoms with Crippen molar-refractivity contribution < 1.29 is 0 Å². The standard InChI is InChI=1S/C14H28N2/c1-14(2)8-4-5-13(11-14)15-12-6-9-16(3)10-7-12/h12-13,15H,4-11H2,1-3H3. The van der Waals surface area contributed by atoms with Crippen molar-refractivity contribution in [1.82, 2.24) is 10.2 Å². The predicted molar refractivity (Wildman–Crippen MR) is 69.7 cm³/mol. The van der Waals surface area contributed by atoms with Gasteiger partial charge in [-0.05, 0) is 57.7 Å². The third-order valence-corrected chi connectivity index (χ3v) is 4.40. The monoisotopic (exact) mass is 224 g/mol.